The van der Waals surface area contributed by atoms with E-state index in [1.54, 1.807) is 6.20 Å². The number of hydrogen-bond acceptors (Lipinski definition) is 5. The van der Waals surface area contributed by atoms with Crippen LogP contribution in [0.5, 0.6) is 0 Å². The summed E-state index contributed by atoms with van der Waals surface area (Å²) in [6.07, 6.45) is 9.04. The Hall–Kier alpha value is -2.01. The number of nitrogens with two attached hydrogens (primary N) is 1. The number of aromatic nitrogens is 3. The molecule has 0 aliphatic carbocycles. The lowest BCUT2D eigenvalue weighted by atomic mass is 9.98. The molecule has 3 heterocycles. The molecule has 1 atom stereocenters. The van der Waals surface area contributed by atoms with Gasteiger partial charge in [-0.15, -0.1) is 0 Å². The van der Waals surface area contributed by atoms with Gasteiger partial charge in [0.15, 0.2) is 0 Å². The Labute approximate surface area is 118 Å². The zero-order chi connectivity index (χ0) is 13.8. The van der Waals surface area contributed by atoms with Gasteiger partial charge in [-0.3, -0.25) is 9.88 Å². The molecule has 0 spiro atoms. The van der Waals surface area contributed by atoms with Crippen molar-refractivity contribution < 1.29 is 0 Å². The number of piperidine rings is 1. The van der Waals surface area contributed by atoms with Gasteiger partial charge in [-0.2, -0.15) is 0 Å². The molecule has 0 saturated carbocycles. The summed E-state index contributed by atoms with van der Waals surface area (Å²) in [6.45, 7) is 2.02. The van der Waals surface area contributed by atoms with Gasteiger partial charge in [0.25, 0.3) is 0 Å². The molecule has 1 fully saturated rings. The van der Waals surface area contributed by atoms with Crippen molar-refractivity contribution in [2.24, 2.45) is 0 Å². The minimum Gasteiger partial charge on any atom is -0.368 e. The Kier molecular flexibility index (Phi) is 3.87. The third kappa shape index (κ3) is 2.93. The van der Waals surface area contributed by atoms with Gasteiger partial charge in [-0.25, -0.2) is 9.97 Å². The highest BCUT2D eigenvalue weighted by atomic mass is 15.2. The van der Waals surface area contributed by atoms with Crippen molar-refractivity contribution in [1.29, 1.82) is 0 Å². The van der Waals surface area contributed by atoms with Crippen molar-refractivity contribution in [1.82, 2.24) is 19.9 Å². The van der Waals surface area contributed by atoms with Crippen molar-refractivity contribution >= 4 is 5.95 Å². The van der Waals surface area contributed by atoms with Gasteiger partial charge in [-0.05, 0) is 43.1 Å². The van der Waals surface area contributed by atoms with Crippen molar-refractivity contribution in [3.05, 3.63) is 48.0 Å². The third-order valence-corrected chi connectivity index (χ3v) is 3.79. The second kappa shape index (κ2) is 5.96. The summed E-state index contributed by atoms with van der Waals surface area (Å²) < 4.78 is 0. The van der Waals surface area contributed by atoms with Crippen LogP contribution in [0.1, 0.15) is 36.6 Å². The molecule has 0 aromatic carbocycles. The summed E-state index contributed by atoms with van der Waals surface area (Å²) in [4.78, 5) is 14.9. The van der Waals surface area contributed by atoms with Crippen LogP contribution in [0.15, 0.2) is 36.8 Å². The van der Waals surface area contributed by atoms with Gasteiger partial charge in [0, 0.05) is 25.1 Å². The number of rotatable bonds is 3. The first-order valence-electron chi connectivity index (χ1n) is 7.04. The van der Waals surface area contributed by atoms with Gasteiger partial charge in [0.05, 0.1) is 11.7 Å². The largest absolute Gasteiger partial charge is 0.368 e. The van der Waals surface area contributed by atoms with Crippen molar-refractivity contribution in [2.75, 3.05) is 12.3 Å². The quantitative estimate of drug-likeness (QED) is 0.925. The van der Waals surface area contributed by atoms with Crippen molar-refractivity contribution in [2.45, 2.75) is 31.8 Å². The van der Waals surface area contributed by atoms with Crippen LogP contribution < -0.4 is 5.73 Å². The van der Waals surface area contributed by atoms with E-state index in [2.05, 4.69) is 32.0 Å². The summed E-state index contributed by atoms with van der Waals surface area (Å²) in [5.74, 6) is 0.358. The smallest absolute Gasteiger partial charge is 0.220 e. The fraction of sp³-hybridized carbons (Fsp3) is 0.400. The van der Waals surface area contributed by atoms with Crippen LogP contribution in [-0.2, 0) is 6.54 Å². The van der Waals surface area contributed by atoms with Gasteiger partial charge in [0.1, 0.15) is 0 Å². The van der Waals surface area contributed by atoms with Crippen LogP contribution >= 0.6 is 0 Å². The van der Waals surface area contributed by atoms with Crippen LogP contribution in [0.25, 0.3) is 0 Å². The zero-order valence-corrected chi connectivity index (χ0v) is 11.4. The first-order valence-corrected chi connectivity index (χ1v) is 7.04. The van der Waals surface area contributed by atoms with E-state index in [1.807, 2.05) is 18.5 Å². The molecular formula is C15H19N5. The predicted octanol–water partition coefficient (Wildman–Crippen LogP) is 2.18. The normalized spacial score (nSPS) is 19.9. The van der Waals surface area contributed by atoms with Gasteiger partial charge in [0.2, 0.25) is 5.95 Å². The molecule has 0 radical (unpaired) electrons. The highest BCUT2D eigenvalue weighted by Gasteiger charge is 2.25. The summed E-state index contributed by atoms with van der Waals surface area (Å²) in [6, 6.07) is 6.45. The second-order valence-corrected chi connectivity index (χ2v) is 5.18. The lowest BCUT2D eigenvalue weighted by Gasteiger charge is -2.35. The number of likely N-dealkylation sites (tertiary alicyclic amines) is 1. The summed E-state index contributed by atoms with van der Waals surface area (Å²) in [7, 11) is 0. The molecule has 0 bridgehead atoms. The highest BCUT2D eigenvalue weighted by molar-refractivity contribution is 5.20. The molecule has 1 aliphatic heterocycles. The first-order chi connectivity index (χ1) is 9.83. The van der Waals surface area contributed by atoms with E-state index in [1.165, 1.54) is 18.4 Å². The molecule has 3 rings (SSSR count). The molecule has 2 aromatic rings. The molecule has 20 heavy (non-hydrogen) atoms. The maximum absolute atomic E-state index is 5.71. The molecule has 5 heteroatoms. The van der Waals surface area contributed by atoms with Crippen LogP contribution in [-0.4, -0.2) is 26.4 Å². The van der Waals surface area contributed by atoms with Gasteiger partial charge in [-0.1, -0.05) is 6.42 Å². The van der Waals surface area contributed by atoms with E-state index in [4.69, 9.17) is 5.73 Å². The molecule has 104 valence electrons. The van der Waals surface area contributed by atoms with Crippen LogP contribution in [0.3, 0.4) is 0 Å². The minimum absolute atomic E-state index is 0.335. The lowest BCUT2D eigenvalue weighted by Crippen LogP contribution is -2.33. The Balaban J connectivity index is 1.80. The molecule has 0 unspecified atom stereocenters. The molecular weight excluding hydrogens is 250 g/mol. The molecule has 0 amide bonds. The van der Waals surface area contributed by atoms with E-state index >= 15 is 0 Å². The number of hydrogen-bond donors (Lipinski definition) is 1. The summed E-state index contributed by atoms with van der Waals surface area (Å²) >= 11 is 0. The standard InChI is InChI=1S/C15H19N5/c16-15-18-9-6-13(19-15)14-3-1-2-10-20(14)11-12-4-7-17-8-5-12/h4-9,14H,1-3,10-11H2,(H2,16,18,19)/t14-/m1/s1. The molecule has 5 nitrogen and oxygen atoms in total. The van der Waals surface area contributed by atoms with Crippen molar-refractivity contribution in [3.63, 3.8) is 0 Å². The number of anilines is 1. The van der Waals surface area contributed by atoms with Gasteiger partial charge < -0.3 is 5.73 Å². The van der Waals surface area contributed by atoms with E-state index in [0.717, 1.165) is 25.2 Å². The zero-order valence-electron chi connectivity index (χ0n) is 11.4. The maximum Gasteiger partial charge on any atom is 0.220 e. The molecule has 1 saturated heterocycles. The predicted molar refractivity (Wildman–Crippen MR) is 77.7 cm³/mol. The fourth-order valence-corrected chi connectivity index (χ4v) is 2.81. The number of nitrogen functional groups attached to an aromatic ring is 1. The highest BCUT2D eigenvalue weighted by Crippen LogP contribution is 2.31. The van der Waals surface area contributed by atoms with Gasteiger partial charge >= 0.3 is 0 Å². The average molecular weight is 269 g/mol. The Morgan fingerprint density at radius 3 is 2.80 bits per heavy atom. The van der Waals surface area contributed by atoms with E-state index in [9.17, 15) is 0 Å². The topological polar surface area (TPSA) is 67.9 Å². The SMILES string of the molecule is Nc1nccc([C@H]2CCCCN2Cc2ccncc2)n1. The molecule has 2 N–H and O–H groups in total. The fourth-order valence-electron chi connectivity index (χ4n) is 2.81. The van der Waals surface area contributed by atoms with E-state index in [0.29, 0.717) is 12.0 Å². The minimum atomic E-state index is 0.335. The van der Waals surface area contributed by atoms with E-state index < -0.39 is 0 Å². The Morgan fingerprint density at radius 1 is 1.15 bits per heavy atom. The summed E-state index contributed by atoms with van der Waals surface area (Å²) in [5, 5.41) is 0. The first kappa shape index (κ1) is 13.0. The lowest BCUT2D eigenvalue weighted by molar-refractivity contribution is 0.137. The third-order valence-electron chi connectivity index (χ3n) is 3.79. The Morgan fingerprint density at radius 2 is 2.00 bits per heavy atom. The number of nitrogens with zero attached hydrogens (tertiary/aromatic N) is 4. The van der Waals surface area contributed by atoms with Crippen LogP contribution in [0.2, 0.25) is 0 Å². The average Bonchev–Trinajstić information content (AvgIpc) is 2.49. The van der Waals surface area contributed by atoms with E-state index in [-0.39, 0.29) is 0 Å². The maximum atomic E-state index is 5.71. The summed E-state index contributed by atoms with van der Waals surface area (Å²) in [5.41, 5.74) is 8.03. The Bertz CT molecular complexity index is 557. The monoisotopic (exact) mass is 269 g/mol. The molecule has 1 aliphatic rings. The van der Waals surface area contributed by atoms with Crippen LogP contribution in [0.4, 0.5) is 5.95 Å². The van der Waals surface area contributed by atoms with Crippen LogP contribution in [0, 0.1) is 0 Å². The molecule has 2 aromatic heterocycles. The second-order valence-electron chi connectivity index (χ2n) is 5.18. The van der Waals surface area contributed by atoms with Crippen molar-refractivity contribution in [3.8, 4) is 0 Å². The number of pyridine rings is 1.